The van der Waals surface area contributed by atoms with Crippen molar-refractivity contribution in [3.8, 4) is 0 Å². The van der Waals surface area contributed by atoms with Crippen molar-refractivity contribution in [1.82, 2.24) is 0 Å². The molecule has 0 aromatic heterocycles. The van der Waals surface area contributed by atoms with Crippen LogP contribution in [0.25, 0.3) is 0 Å². The summed E-state index contributed by atoms with van der Waals surface area (Å²) in [4.78, 5) is 0. The quantitative estimate of drug-likeness (QED) is 0.723. The highest BCUT2D eigenvalue weighted by molar-refractivity contribution is 5.14. The van der Waals surface area contributed by atoms with E-state index in [1.165, 1.54) is 14.0 Å². The maximum absolute atomic E-state index is 10.9. The highest BCUT2D eigenvalue weighted by Crippen LogP contribution is 2.32. The third kappa shape index (κ3) is 4.97. The number of hydrogen-bond acceptors (Lipinski definition) is 6. The molecule has 2 aromatic carbocycles. The van der Waals surface area contributed by atoms with Gasteiger partial charge in [0.15, 0.2) is 6.29 Å². The molecule has 2 N–H and O–H groups in total. The zero-order chi connectivity index (χ0) is 20.0. The molecule has 6 nitrogen and oxygen atoms in total. The minimum absolute atomic E-state index is 0.115. The first-order valence-corrected chi connectivity index (χ1v) is 9.38. The molecule has 3 rings (SSSR count). The van der Waals surface area contributed by atoms with E-state index in [-0.39, 0.29) is 13.2 Å². The first-order valence-electron chi connectivity index (χ1n) is 9.38. The molecule has 0 radical (unpaired) electrons. The van der Waals surface area contributed by atoms with Gasteiger partial charge in [0.2, 0.25) is 0 Å². The minimum Gasteiger partial charge on any atom is -0.387 e. The molecule has 1 saturated heterocycles. The van der Waals surface area contributed by atoms with Crippen molar-refractivity contribution in [1.29, 1.82) is 0 Å². The van der Waals surface area contributed by atoms with E-state index < -0.39 is 30.2 Å². The van der Waals surface area contributed by atoms with Crippen LogP contribution in [-0.4, -0.2) is 54.1 Å². The zero-order valence-corrected chi connectivity index (χ0v) is 16.2. The number of aliphatic hydroxyl groups is 2. The van der Waals surface area contributed by atoms with E-state index in [1.807, 2.05) is 60.7 Å². The molecule has 1 aliphatic heterocycles. The van der Waals surface area contributed by atoms with E-state index in [0.717, 1.165) is 11.1 Å². The Labute approximate surface area is 165 Å². The largest absolute Gasteiger partial charge is 0.387 e. The van der Waals surface area contributed by atoms with Crippen molar-refractivity contribution >= 4 is 0 Å². The molecule has 1 fully saturated rings. The fourth-order valence-corrected chi connectivity index (χ4v) is 3.24. The summed E-state index contributed by atoms with van der Waals surface area (Å²) in [5.41, 5.74) is 0.427. The molecule has 28 heavy (non-hydrogen) atoms. The van der Waals surface area contributed by atoms with Gasteiger partial charge >= 0.3 is 0 Å². The molecule has 152 valence electrons. The summed E-state index contributed by atoms with van der Waals surface area (Å²) in [6.07, 6.45) is -3.59. The van der Waals surface area contributed by atoms with Crippen LogP contribution in [0.3, 0.4) is 0 Å². The molecule has 1 heterocycles. The minimum atomic E-state index is -1.55. The van der Waals surface area contributed by atoms with Gasteiger partial charge in [0.1, 0.15) is 23.9 Å². The second-order valence-electron chi connectivity index (χ2n) is 7.16. The van der Waals surface area contributed by atoms with Gasteiger partial charge in [-0.15, -0.1) is 0 Å². The van der Waals surface area contributed by atoms with Gasteiger partial charge in [-0.05, 0) is 18.1 Å². The predicted octanol–water partition coefficient (Wildman–Crippen LogP) is 2.27. The van der Waals surface area contributed by atoms with Crippen LogP contribution in [0.2, 0.25) is 0 Å². The molecule has 0 bridgehead atoms. The summed E-state index contributed by atoms with van der Waals surface area (Å²) in [5, 5.41) is 21.7. The van der Waals surface area contributed by atoms with E-state index in [2.05, 4.69) is 0 Å². The topological polar surface area (TPSA) is 77.4 Å². The van der Waals surface area contributed by atoms with Crippen molar-refractivity contribution < 1.29 is 29.2 Å². The third-order valence-corrected chi connectivity index (χ3v) is 5.03. The summed E-state index contributed by atoms with van der Waals surface area (Å²) < 4.78 is 22.8. The normalized spacial score (nSPS) is 30.3. The first-order chi connectivity index (χ1) is 13.5. The Kier molecular flexibility index (Phi) is 7.18. The van der Waals surface area contributed by atoms with E-state index in [0.29, 0.717) is 6.61 Å². The molecule has 5 atom stereocenters. The van der Waals surface area contributed by atoms with Crippen LogP contribution >= 0.6 is 0 Å². The Morgan fingerprint density at radius 2 is 1.54 bits per heavy atom. The van der Waals surface area contributed by atoms with Crippen LogP contribution in [0.15, 0.2) is 60.7 Å². The van der Waals surface area contributed by atoms with E-state index in [4.69, 9.17) is 18.9 Å². The van der Waals surface area contributed by atoms with Crippen molar-refractivity contribution in [2.45, 2.75) is 50.3 Å². The Hall–Kier alpha value is -1.80. The maximum atomic E-state index is 10.9. The third-order valence-electron chi connectivity index (χ3n) is 5.03. The number of aliphatic hydroxyl groups excluding tert-OH is 1. The lowest BCUT2D eigenvalue weighted by molar-refractivity contribution is -0.333. The standard InChI is InChI=1S/C22H28O6/c1-22(24)18(15-26-13-16-9-5-3-6-10-16)28-21(25-2)19(20(22)23)27-14-17-11-7-4-8-12-17/h3-12,18-21,23-24H,13-15H2,1-2H3/t18-,19-,20-,21+,22+/m1/s1. The van der Waals surface area contributed by atoms with Gasteiger partial charge < -0.3 is 29.2 Å². The highest BCUT2D eigenvalue weighted by atomic mass is 16.7. The van der Waals surface area contributed by atoms with Crippen LogP contribution in [0.5, 0.6) is 0 Å². The summed E-state index contributed by atoms with van der Waals surface area (Å²) >= 11 is 0. The lowest BCUT2D eigenvalue weighted by Gasteiger charge is -2.47. The molecule has 6 heteroatoms. The Balaban J connectivity index is 1.60. The number of methoxy groups -OCH3 is 1. The molecular formula is C22H28O6. The van der Waals surface area contributed by atoms with E-state index >= 15 is 0 Å². The average molecular weight is 388 g/mol. The van der Waals surface area contributed by atoms with Gasteiger partial charge in [-0.2, -0.15) is 0 Å². The van der Waals surface area contributed by atoms with Gasteiger partial charge in [-0.1, -0.05) is 60.7 Å². The van der Waals surface area contributed by atoms with Crippen LogP contribution < -0.4 is 0 Å². The fourth-order valence-electron chi connectivity index (χ4n) is 3.24. The van der Waals surface area contributed by atoms with Crippen LogP contribution in [0.4, 0.5) is 0 Å². The maximum Gasteiger partial charge on any atom is 0.186 e. The number of benzene rings is 2. The van der Waals surface area contributed by atoms with Gasteiger partial charge in [-0.25, -0.2) is 0 Å². The smallest absolute Gasteiger partial charge is 0.186 e. The average Bonchev–Trinajstić information content (AvgIpc) is 2.72. The summed E-state index contributed by atoms with van der Waals surface area (Å²) in [7, 11) is 1.48. The summed E-state index contributed by atoms with van der Waals surface area (Å²) in [6.45, 7) is 2.30. The van der Waals surface area contributed by atoms with Crippen molar-refractivity contribution in [2.75, 3.05) is 13.7 Å². The van der Waals surface area contributed by atoms with Gasteiger partial charge in [0, 0.05) is 7.11 Å². The summed E-state index contributed by atoms with van der Waals surface area (Å²) in [6, 6.07) is 19.3. The second kappa shape index (κ2) is 9.60. The highest BCUT2D eigenvalue weighted by Gasteiger charge is 2.53. The molecule has 1 aliphatic rings. The lowest BCUT2D eigenvalue weighted by atomic mass is 9.86. The van der Waals surface area contributed by atoms with Crippen LogP contribution in [-0.2, 0) is 32.2 Å². The molecule has 0 amide bonds. The van der Waals surface area contributed by atoms with Crippen LogP contribution in [0.1, 0.15) is 18.1 Å². The number of hydrogen-bond donors (Lipinski definition) is 2. The van der Waals surface area contributed by atoms with Crippen LogP contribution in [0, 0.1) is 0 Å². The Morgan fingerprint density at radius 1 is 0.964 bits per heavy atom. The van der Waals surface area contributed by atoms with Gasteiger partial charge in [-0.3, -0.25) is 0 Å². The summed E-state index contributed by atoms with van der Waals surface area (Å²) in [5.74, 6) is 0. The van der Waals surface area contributed by atoms with E-state index in [1.54, 1.807) is 0 Å². The van der Waals surface area contributed by atoms with E-state index in [9.17, 15) is 10.2 Å². The monoisotopic (exact) mass is 388 g/mol. The number of ether oxygens (including phenoxy) is 4. The molecule has 0 spiro atoms. The SMILES string of the molecule is CO[C@H]1O[C@H](COCc2ccccc2)[C@](C)(O)[C@H](O)[C@H]1OCc1ccccc1. The molecule has 0 saturated carbocycles. The lowest BCUT2D eigenvalue weighted by Crippen LogP contribution is -2.66. The van der Waals surface area contributed by atoms with Gasteiger partial charge in [0.05, 0.1) is 19.8 Å². The molecule has 0 aliphatic carbocycles. The molecule has 2 aromatic rings. The van der Waals surface area contributed by atoms with Crippen molar-refractivity contribution in [3.63, 3.8) is 0 Å². The molecular weight excluding hydrogens is 360 g/mol. The Morgan fingerprint density at radius 3 is 2.11 bits per heavy atom. The Bertz CT molecular complexity index is 701. The number of rotatable bonds is 8. The van der Waals surface area contributed by atoms with Crippen molar-refractivity contribution in [3.05, 3.63) is 71.8 Å². The second-order valence-corrected chi connectivity index (χ2v) is 7.16. The van der Waals surface area contributed by atoms with Crippen molar-refractivity contribution in [2.24, 2.45) is 0 Å². The predicted molar refractivity (Wildman–Crippen MR) is 103 cm³/mol. The zero-order valence-electron chi connectivity index (χ0n) is 16.2. The fraction of sp³-hybridized carbons (Fsp3) is 0.455. The first kappa shape index (κ1) is 20.9. The molecule has 0 unspecified atom stereocenters. The van der Waals surface area contributed by atoms with Gasteiger partial charge in [0.25, 0.3) is 0 Å².